The number of halogens is 1. The molecule has 2 aromatic carbocycles. The summed E-state index contributed by atoms with van der Waals surface area (Å²) >= 11 is 6.06. The van der Waals surface area contributed by atoms with Crippen molar-refractivity contribution in [3.05, 3.63) is 70.7 Å². The van der Waals surface area contributed by atoms with Gasteiger partial charge < -0.3 is 10.6 Å². The standard InChI is InChI=1S/C29H35ClN2O2/c30-25-10-8-21(9-11-25)16-26(27(33)31-12-4-7-20-5-2-1-3-6-20)32-28(34)29-17-22-13-23(18-29)15-24(14-22)19-29/h1-3,5-6,8-11,22-24,26H,4,7,12-19H2,(H,31,33)(H,32,34). The molecule has 2 aromatic rings. The Morgan fingerprint density at radius 1 is 0.882 bits per heavy atom. The molecule has 4 aliphatic rings. The van der Waals surface area contributed by atoms with Crippen molar-refractivity contribution < 1.29 is 9.59 Å². The van der Waals surface area contributed by atoms with Crippen LogP contribution in [0.4, 0.5) is 0 Å². The van der Waals surface area contributed by atoms with E-state index in [-0.39, 0.29) is 17.2 Å². The average Bonchev–Trinajstić information content (AvgIpc) is 2.82. The van der Waals surface area contributed by atoms with Gasteiger partial charge in [0.05, 0.1) is 0 Å². The van der Waals surface area contributed by atoms with Gasteiger partial charge in [-0.3, -0.25) is 9.59 Å². The number of carbonyl (C=O) groups is 2. The van der Waals surface area contributed by atoms with Crippen LogP contribution in [0.5, 0.6) is 0 Å². The van der Waals surface area contributed by atoms with Gasteiger partial charge in [0.25, 0.3) is 0 Å². The summed E-state index contributed by atoms with van der Waals surface area (Å²) in [5.41, 5.74) is 2.00. The number of benzene rings is 2. The quantitative estimate of drug-likeness (QED) is 0.478. The molecule has 1 atom stereocenters. The van der Waals surface area contributed by atoms with Gasteiger partial charge >= 0.3 is 0 Å². The van der Waals surface area contributed by atoms with Gasteiger partial charge in [-0.2, -0.15) is 0 Å². The van der Waals surface area contributed by atoms with Gasteiger partial charge in [-0.1, -0.05) is 54.1 Å². The highest BCUT2D eigenvalue weighted by molar-refractivity contribution is 6.30. The van der Waals surface area contributed by atoms with Crippen molar-refractivity contribution in [3.63, 3.8) is 0 Å². The van der Waals surface area contributed by atoms with Crippen molar-refractivity contribution >= 4 is 23.4 Å². The van der Waals surface area contributed by atoms with E-state index in [1.165, 1.54) is 24.8 Å². The number of aryl methyl sites for hydroxylation is 1. The number of hydrogen-bond acceptors (Lipinski definition) is 2. The van der Waals surface area contributed by atoms with Crippen LogP contribution in [0.15, 0.2) is 54.6 Å². The fourth-order valence-corrected chi connectivity index (χ4v) is 7.16. The van der Waals surface area contributed by atoms with Crippen LogP contribution in [-0.2, 0) is 22.4 Å². The second kappa shape index (κ2) is 10.1. The van der Waals surface area contributed by atoms with Crippen molar-refractivity contribution in [3.8, 4) is 0 Å². The molecule has 4 nitrogen and oxygen atoms in total. The van der Waals surface area contributed by atoms with Gasteiger partial charge in [0.1, 0.15) is 6.04 Å². The van der Waals surface area contributed by atoms with Gasteiger partial charge in [-0.25, -0.2) is 0 Å². The minimum Gasteiger partial charge on any atom is -0.354 e. The molecule has 6 rings (SSSR count). The van der Waals surface area contributed by atoms with Gasteiger partial charge in [-0.05, 0) is 92.4 Å². The Hall–Kier alpha value is -2.33. The molecule has 0 radical (unpaired) electrons. The number of amides is 2. The summed E-state index contributed by atoms with van der Waals surface area (Å²) in [5, 5.41) is 6.97. The molecule has 0 aliphatic heterocycles. The lowest BCUT2D eigenvalue weighted by atomic mass is 9.49. The maximum Gasteiger partial charge on any atom is 0.242 e. The highest BCUT2D eigenvalue weighted by Crippen LogP contribution is 2.60. The Labute approximate surface area is 207 Å². The zero-order valence-electron chi connectivity index (χ0n) is 19.8. The Bertz CT molecular complexity index is 969. The first-order valence-corrected chi connectivity index (χ1v) is 13.2. The average molecular weight is 479 g/mol. The molecule has 4 saturated carbocycles. The van der Waals surface area contributed by atoms with Crippen LogP contribution in [0.3, 0.4) is 0 Å². The molecule has 1 unspecified atom stereocenters. The lowest BCUT2D eigenvalue weighted by molar-refractivity contribution is -0.148. The molecule has 0 heterocycles. The largest absolute Gasteiger partial charge is 0.354 e. The SMILES string of the molecule is O=C(NCCCc1ccccc1)C(Cc1ccc(Cl)cc1)NC(=O)C12CC3CC(CC(C3)C1)C2. The lowest BCUT2D eigenvalue weighted by Crippen LogP contribution is -2.57. The first-order chi connectivity index (χ1) is 16.5. The van der Waals surface area contributed by atoms with Gasteiger partial charge in [0.2, 0.25) is 11.8 Å². The minimum absolute atomic E-state index is 0.0962. The summed E-state index contributed by atoms with van der Waals surface area (Å²) in [5.74, 6) is 2.08. The monoisotopic (exact) mass is 478 g/mol. The van der Waals surface area contributed by atoms with Crippen LogP contribution in [0.1, 0.15) is 56.1 Å². The topological polar surface area (TPSA) is 58.2 Å². The van der Waals surface area contributed by atoms with E-state index < -0.39 is 6.04 Å². The molecule has 180 valence electrons. The summed E-state index contributed by atoms with van der Waals surface area (Å²) in [4.78, 5) is 26.9. The zero-order chi connectivity index (χ0) is 23.5. The second-order valence-electron chi connectivity index (χ2n) is 10.9. The molecular weight excluding hydrogens is 444 g/mol. The van der Waals surface area contributed by atoms with E-state index in [9.17, 15) is 9.59 Å². The van der Waals surface area contributed by atoms with Crippen molar-refractivity contribution in [1.29, 1.82) is 0 Å². The van der Waals surface area contributed by atoms with Crippen LogP contribution in [0.25, 0.3) is 0 Å². The van der Waals surface area contributed by atoms with Crippen molar-refractivity contribution in [1.82, 2.24) is 10.6 Å². The Morgan fingerprint density at radius 2 is 1.50 bits per heavy atom. The first kappa shape index (κ1) is 23.4. The fourth-order valence-electron chi connectivity index (χ4n) is 7.04. The molecule has 5 heteroatoms. The normalized spacial score (nSPS) is 27.9. The lowest BCUT2D eigenvalue weighted by Gasteiger charge is -2.55. The summed E-state index contributed by atoms with van der Waals surface area (Å²) < 4.78 is 0. The maximum absolute atomic E-state index is 13.7. The smallest absolute Gasteiger partial charge is 0.242 e. The van der Waals surface area contributed by atoms with E-state index in [0.29, 0.717) is 35.7 Å². The van der Waals surface area contributed by atoms with E-state index in [4.69, 9.17) is 11.6 Å². The van der Waals surface area contributed by atoms with Crippen LogP contribution in [0, 0.1) is 23.2 Å². The summed E-state index contributed by atoms with van der Waals surface area (Å²) in [6.45, 7) is 0.595. The van der Waals surface area contributed by atoms with Gasteiger partial charge in [-0.15, -0.1) is 0 Å². The van der Waals surface area contributed by atoms with Crippen LogP contribution in [0.2, 0.25) is 5.02 Å². The number of carbonyl (C=O) groups excluding carboxylic acids is 2. The fraction of sp³-hybridized carbons (Fsp3) is 0.517. The molecule has 0 aromatic heterocycles. The van der Waals surface area contributed by atoms with Crippen LogP contribution in [-0.4, -0.2) is 24.4 Å². The van der Waals surface area contributed by atoms with Crippen molar-refractivity contribution in [2.45, 2.75) is 63.8 Å². The van der Waals surface area contributed by atoms with Crippen molar-refractivity contribution in [2.24, 2.45) is 23.2 Å². The molecule has 4 fully saturated rings. The predicted octanol–water partition coefficient (Wildman–Crippen LogP) is 5.33. The molecule has 2 N–H and O–H groups in total. The van der Waals surface area contributed by atoms with Gasteiger partial charge in [0, 0.05) is 23.4 Å². The van der Waals surface area contributed by atoms with E-state index in [0.717, 1.165) is 37.7 Å². The Balaban J connectivity index is 1.23. The Morgan fingerprint density at radius 3 is 2.12 bits per heavy atom. The zero-order valence-corrected chi connectivity index (χ0v) is 20.5. The molecule has 34 heavy (non-hydrogen) atoms. The predicted molar refractivity (Wildman–Crippen MR) is 135 cm³/mol. The molecule has 2 amide bonds. The molecule has 4 aliphatic carbocycles. The Kier molecular flexibility index (Phi) is 6.96. The van der Waals surface area contributed by atoms with Crippen molar-refractivity contribution in [2.75, 3.05) is 6.54 Å². The third-order valence-electron chi connectivity index (χ3n) is 8.28. The molecular formula is C29H35ClN2O2. The molecule has 0 saturated heterocycles. The van der Waals surface area contributed by atoms with Crippen LogP contribution >= 0.6 is 11.6 Å². The van der Waals surface area contributed by atoms with Gasteiger partial charge in [0.15, 0.2) is 0 Å². The highest BCUT2D eigenvalue weighted by atomic mass is 35.5. The van der Waals surface area contributed by atoms with E-state index in [1.54, 1.807) is 0 Å². The summed E-state index contributed by atoms with van der Waals surface area (Å²) in [7, 11) is 0. The van der Waals surface area contributed by atoms with E-state index >= 15 is 0 Å². The van der Waals surface area contributed by atoms with E-state index in [2.05, 4.69) is 22.8 Å². The maximum atomic E-state index is 13.7. The summed E-state index contributed by atoms with van der Waals surface area (Å²) in [6.07, 6.45) is 9.13. The third kappa shape index (κ3) is 5.33. The summed E-state index contributed by atoms with van der Waals surface area (Å²) in [6, 6.07) is 17.3. The highest BCUT2D eigenvalue weighted by Gasteiger charge is 2.54. The minimum atomic E-state index is -0.571. The van der Waals surface area contributed by atoms with Crippen LogP contribution < -0.4 is 10.6 Å². The molecule has 4 bridgehead atoms. The number of nitrogens with one attached hydrogen (secondary N) is 2. The van der Waals surface area contributed by atoms with E-state index in [1.807, 2.05) is 42.5 Å². The molecule has 0 spiro atoms. The number of hydrogen-bond donors (Lipinski definition) is 2. The number of rotatable bonds is 9. The third-order valence-corrected chi connectivity index (χ3v) is 8.53. The second-order valence-corrected chi connectivity index (χ2v) is 11.4. The first-order valence-electron chi connectivity index (χ1n) is 12.9.